The summed E-state index contributed by atoms with van der Waals surface area (Å²) in [5.74, 6) is 1.81. The largest absolute Gasteiger partial charge is 0.456 e. The van der Waals surface area contributed by atoms with Gasteiger partial charge in [0.15, 0.2) is 17.5 Å². The quantitative estimate of drug-likeness (QED) is 0.166. The maximum absolute atomic E-state index is 6.55. The highest BCUT2D eigenvalue weighted by molar-refractivity contribution is 6.13. The molecular formula is C51H33N3O. The normalized spacial score (nSPS) is 11.3. The number of fused-ring (bicyclic) bond motifs is 3. The van der Waals surface area contributed by atoms with Crippen molar-refractivity contribution in [2.75, 3.05) is 0 Å². The molecule has 0 aliphatic carbocycles. The fourth-order valence-electron chi connectivity index (χ4n) is 7.38. The summed E-state index contributed by atoms with van der Waals surface area (Å²) < 4.78 is 6.55. The maximum atomic E-state index is 6.55. The first-order valence-corrected chi connectivity index (χ1v) is 18.4. The van der Waals surface area contributed by atoms with Crippen LogP contribution in [-0.4, -0.2) is 15.0 Å². The topological polar surface area (TPSA) is 51.8 Å². The second-order valence-electron chi connectivity index (χ2n) is 13.6. The monoisotopic (exact) mass is 703 g/mol. The summed E-state index contributed by atoms with van der Waals surface area (Å²) in [6.07, 6.45) is 0. The Morgan fingerprint density at radius 3 is 1.33 bits per heavy atom. The zero-order chi connectivity index (χ0) is 36.6. The third kappa shape index (κ3) is 6.26. The zero-order valence-corrected chi connectivity index (χ0v) is 29.8. The number of furan rings is 1. The van der Waals surface area contributed by atoms with Crippen molar-refractivity contribution >= 4 is 21.9 Å². The Bertz CT molecular complexity index is 2950. The second kappa shape index (κ2) is 13.8. The molecule has 0 amide bonds. The van der Waals surface area contributed by atoms with Gasteiger partial charge >= 0.3 is 0 Å². The van der Waals surface area contributed by atoms with E-state index in [1.165, 1.54) is 22.3 Å². The van der Waals surface area contributed by atoms with Gasteiger partial charge in [-0.1, -0.05) is 170 Å². The third-order valence-corrected chi connectivity index (χ3v) is 10.1. The van der Waals surface area contributed by atoms with Gasteiger partial charge in [0.2, 0.25) is 0 Å². The molecule has 0 aliphatic heterocycles. The smallest absolute Gasteiger partial charge is 0.164 e. The van der Waals surface area contributed by atoms with Crippen molar-refractivity contribution in [1.29, 1.82) is 0 Å². The van der Waals surface area contributed by atoms with Crippen LogP contribution in [-0.2, 0) is 0 Å². The Hall–Kier alpha value is -7.43. The van der Waals surface area contributed by atoms with Crippen LogP contribution in [0.15, 0.2) is 205 Å². The van der Waals surface area contributed by atoms with Crippen LogP contribution in [0.4, 0.5) is 0 Å². The van der Waals surface area contributed by atoms with E-state index in [0.717, 1.165) is 60.9 Å². The first-order valence-electron chi connectivity index (χ1n) is 18.4. The lowest BCUT2D eigenvalue weighted by Crippen LogP contribution is -2.00. The highest BCUT2D eigenvalue weighted by Gasteiger charge is 2.17. The summed E-state index contributed by atoms with van der Waals surface area (Å²) >= 11 is 0. The number of hydrogen-bond acceptors (Lipinski definition) is 4. The fourth-order valence-corrected chi connectivity index (χ4v) is 7.38. The molecule has 0 saturated carbocycles. The average Bonchev–Trinajstić information content (AvgIpc) is 3.66. The molecule has 10 rings (SSSR count). The molecule has 0 spiro atoms. The molecule has 55 heavy (non-hydrogen) atoms. The summed E-state index contributed by atoms with van der Waals surface area (Å²) in [5, 5.41) is 2.13. The first kappa shape index (κ1) is 32.2. The second-order valence-corrected chi connectivity index (χ2v) is 13.6. The van der Waals surface area contributed by atoms with E-state index in [-0.39, 0.29) is 0 Å². The molecule has 0 aliphatic rings. The van der Waals surface area contributed by atoms with E-state index in [2.05, 4.69) is 152 Å². The van der Waals surface area contributed by atoms with Gasteiger partial charge in [-0.25, -0.2) is 15.0 Å². The third-order valence-electron chi connectivity index (χ3n) is 10.1. The van der Waals surface area contributed by atoms with Gasteiger partial charge in [-0.05, 0) is 74.8 Å². The zero-order valence-electron chi connectivity index (χ0n) is 29.8. The molecule has 4 heteroatoms. The Labute approximate surface area is 319 Å². The lowest BCUT2D eigenvalue weighted by atomic mass is 9.96. The van der Waals surface area contributed by atoms with E-state index >= 15 is 0 Å². The molecule has 0 N–H and O–H groups in total. The lowest BCUT2D eigenvalue weighted by Gasteiger charge is -2.10. The average molecular weight is 704 g/mol. The molecule has 0 fully saturated rings. The molecule has 0 unspecified atom stereocenters. The Kier molecular flexibility index (Phi) is 8.12. The van der Waals surface area contributed by atoms with Crippen molar-refractivity contribution in [3.63, 3.8) is 0 Å². The van der Waals surface area contributed by atoms with Crippen LogP contribution < -0.4 is 0 Å². The van der Waals surface area contributed by atoms with Gasteiger partial charge in [-0.3, -0.25) is 0 Å². The van der Waals surface area contributed by atoms with Gasteiger partial charge in [-0.15, -0.1) is 0 Å². The minimum Gasteiger partial charge on any atom is -0.456 e. The van der Waals surface area contributed by atoms with Crippen molar-refractivity contribution in [3.8, 4) is 78.7 Å². The van der Waals surface area contributed by atoms with Gasteiger partial charge < -0.3 is 4.42 Å². The van der Waals surface area contributed by atoms with E-state index in [0.29, 0.717) is 17.5 Å². The highest BCUT2D eigenvalue weighted by Crippen LogP contribution is 2.39. The number of nitrogens with zero attached hydrogens (tertiary/aromatic N) is 3. The van der Waals surface area contributed by atoms with Crippen molar-refractivity contribution < 1.29 is 4.42 Å². The highest BCUT2D eigenvalue weighted by atomic mass is 16.3. The summed E-state index contributed by atoms with van der Waals surface area (Å²) in [6.45, 7) is 0. The van der Waals surface area contributed by atoms with Crippen molar-refractivity contribution in [1.82, 2.24) is 15.0 Å². The molecule has 0 bridgehead atoms. The molecule has 0 saturated heterocycles. The van der Waals surface area contributed by atoms with Crippen LogP contribution in [0.2, 0.25) is 0 Å². The van der Waals surface area contributed by atoms with Gasteiger partial charge in [0, 0.05) is 27.5 Å². The molecule has 8 aromatic carbocycles. The molecule has 10 aromatic rings. The maximum Gasteiger partial charge on any atom is 0.164 e. The van der Waals surface area contributed by atoms with Crippen molar-refractivity contribution in [2.24, 2.45) is 0 Å². The summed E-state index contributed by atoms with van der Waals surface area (Å²) in [7, 11) is 0. The Morgan fingerprint density at radius 2 is 0.691 bits per heavy atom. The van der Waals surface area contributed by atoms with Crippen LogP contribution in [0.5, 0.6) is 0 Å². The van der Waals surface area contributed by atoms with E-state index in [1.807, 2.05) is 48.5 Å². The number of aromatic nitrogens is 3. The SMILES string of the molecule is c1ccc(-c2ccc(-c3cccc(-c4nc(-c5ccccc5)nc(-c5ccc6c(c5)oc5cccc(-c7cccc(-c8ccccc8)c7)c56)n4)c3)cc2)cc1. The minimum atomic E-state index is 0.583. The van der Waals surface area contributed by atoms with E-state index in [9.17, 15) is 0 Å². The van der Waals surface area contributed by atoms with E-state index in [4.69, 9.17) is 19.4 Å². The number of hydrogen-bond donors (Lipinski definition) is 0. The minimum absolute atomic E-state index is 0.583. The van der Waals surface area contributed by atoms with Crippen LogP contribution >= 0.6 is 0 Å². The van der Waals surface area contributed by atoms with E-state index < -0.39 is 0 Å². The molecular weight excluding hydrogens is 671 g/mol. The van der Waals surface area contributed by atoms with Gasteiger partial charge in [0.1, 0.15) is 11.2 Å². The molecule has 2 aromatic heterocycles. The van der Waals surface area contributed by atoms with Gasteiger partial charge in [0.05, 0.1) is 0 Å². The first-order chi connectivity index (χ1) is 27.2. The molecule has 2 heterocycles. The Balaban J connectivity index is 1.05. The van der Waals surface area contributed by atoms with Crippen LogP contribution in [0.25, 0.3) is 101 Å². The Morgan fingerprint density at radius 1 is 0.273 bits per heavy atom. The van der Waals surface area contributed by atoms with Gasteiger partial charge in [0.25, 0.3) is 0 Å². The molecule has 258 valence electrons. The van der Waals surface area contributed by atoms with Gasteiger partial charge in [-0.2, -0.15) is 0 Å². The standard InChI is InChI=1S/C51H33N3O/c1-4-13-34(14-5-1)36-25-27-37(28-26-36)40-20-11-22-42(32-40)50-52-49(38-17-8-3-9-18-38)53-51(54-50)43-29-30-45-47(33-43)55-46-24-12-23-44(48(45)46)41-21-10-19-39(31-41)35-15-6-2-7-16-35/h1-33H. The predicted molar refractivity (Wildman–Crippen MR) is 225 cm³/mol. The number of benzene rings is 8. The number of rotatable bonds is 7. The molecule has 0 atom stereocenters. The fraction of sp³-hybridized carbons (Fsp3) is 0. The van der Waals surface area contributed by atoms with Crippen LogP contribution in [0, 0.1) is 0 Å². The summed E-state index contributed by atoms with van der Waals surface area (Å²) in [4.78, 5) is 15.1. The predicted octanol–water partition coefficient (Wildman–Crippen LogP) is 13.4. The summed E-state index contributed by atoms with van der Waals surface area (Å²) in [5.41, 5.74) is 13.5. The van der Waals surface area contributed by atoms with Crippen molar-refractivity contribution in [2.45, 2.75) is 0 Å². The van der Waals surface area contributed by atoms with Crippen LogP contribution in [0.3, 0.4) is 0 Å². The molecule has 4 nitrogen and oxygen atoms in total. The summed E-state index contributed by atoms with van der Waals surface area (Å²) in [6, 6.07) is 69.3. The molecule has 0 radical (unpaired) electrons. The van der Waals surface area contributed by atoms with E-state index in [1.54, 1.807) is 0 Å². The van der Waals surface area contributed by atoms with Crippen LogP contribution in [0.1, 0.15) is 0 Å². The lowest BCUT2D eigenvalue weighted by molar-refractivity contribution is 0.669. The van der Waals surface area contributed by atoms with Crippen molar-refractivity contribution in [3.05, 3.63) is 200 Å².